The van der Waals surface area contributed by atoms with E-state index in [1.165, 1.54) is 12.8 Å². The van der Waals surface area contributed by atoms with E-state index in [4.69, 9.17) is 4.74 Å². The van der Waals surface area contributed by atoms with Gasteiger partial charge in [-0.1, -0.05) is 6.58 Å². The van der Waals surface area contributed by atoms with Gasteiger partial charge in [-0.2, -0.15) is 0 Å². The van der Waals surface area contributed by atoms with Gasteiger partial charge in [0.05, 0.1) is 18.0 Å². The van der Waals surface area contributed by atoms with Gasteiger partial charge in [0.2, 0.25) is 0 Å². The van der Waals surface area contributed by atoms with Crippen LogP contribution >= 0.6 is 0 Å². The van der Waals surface area contributed by atoms with Crippen molar-refractivity contribution < 1.29 is 14.9 Å². The lowest BCUT2D eigenvalue weighted by atomic mass is 9.65. The number of rotatable bonds is 2. The molecule has 0 heterocycles. The fourth-order valence-corrected chi connectivity index (χ4v) is 6.40. The summed E-state index contributed by atoms with van der Waals surface area (Å²) in [6.07, 6.45) is 2.49. The van der Waals surface area contributed by atoms with Crippen LogP contribution in [-0.4, -0.2) is 28.0 Å². The molecule has 4 aliphatic rings. The van der Waals surface area contributed by atoms with E-state index < -0.39 is 12.2 Å². The Morgan fingerprint density at radius 2 is 1.57 bits per heavy atom. The van der Waals surface area contributed by atoms with Crippen molar-refractivity contribution in [2.24, 2.45) is 41.4 Å². The molecule has 118 valence electrons. The van der Waals surface area contributed by atoms with Crippen LogP contribution in [0.2, 0.25) is 0 Å². The van der Waals surface area contributed by atoms with Gasteiger partial charge in [-0.15, -0.1) is 0 Å². The van der Waals surface area contributed by atoms with Crippen molar-refractivity contribution in [1.29, 1.82) is 0 Å². The minimum atomic E-state index is -0.493. The highest BCUT2D eigenvalue weighted by Crippen LogP contribution is 2.69. The predicted molar refractivity (Wildman–Crippen MR) is 80.3 cm³/mol. The van der Waals surface area contributed by atoms with Crippen molar-refractivity contribution in [3.63, 3.8) is 0 Å². The Hall–Kier alpha value is -0.540. The summed E-state index contributed by atoms with van der Waals surface area (Å²) in [7, 11) is 0. The first-order valence-electron chi connectivity index (χ1n) is 8.52. The van der Waals surface area contributed by atoms with E-state index in [2.05, 4.69) is 27.4 Å². The van der Waals surface area contributed by atoms with Crippen LogP contribution in [0.3, 0.4) is 0 Å². The van der Waals surface area contributed by atoms with Crippen LogP contribution in [0.5, 0.6) is 0 Å². The lowest BCUT2D eigenvalue weighted by Gasteiger charge is -2.43. The van der Waals surface area contributed by atoms with E-state index in [0.717, 1.165) is 12.2 Å². The van der Waals surface area contributed by atoms with Gasteiger partial charge in [0.1, 0.15) is 5.60 Å². The molecule has 3 heteroatoms. The molecule has 2 N–H and O–H groups in total. The second-order valence-corrected chi connectivity index (χ2v) is 8.88. The minimum Gasteiger partial charge on any atom is -0.493 e. The zero-order chi connectivity index (χ0) is 15.1. The number of aliphatic hydroxyl groups excluding tert-OH is 2. The Labute approximate surface area is 127 Å². The number of fused-ring (bicyclic) bond motifs is 9. The Morgan fingerprint density at radius 3 is 2.19 bits per heavy atom. The van der Waals surface area contributed by atoms with Crippen LogP contribution in [0.4, 0.5) is 0 Å². The number of allylic oxidation sites excluding steroid dienone is 1. The molecule has 0 spiro atoms. The van der Waals surface area contributed by atoms with Gasteiger partial charge >= 0.3 is 0 Å². The number of aliphatic hydroxyl groups is 2. The number of ether oxygens (including phenoxy) is 1. The van der Waals surface area contributed by atoms with Crippen LogP contribution in [0.25, 0.3) is 0 Å². The van der Waals surface area contributed by atoms with Crippen molar-refractivity contribution in [2.45, 2.75) is 57.8 Å². The highest BCUT2D eigenvalue weighted by molar-refractivity contribution is 5.19. The molecule has 4 fully saturated rings. The highest BCUT2D eigenvalue weighted by Gasteiger charge is 2.67. The maximum absolute atomic E-state index is 10.3. The van der Waals surface area contributed by atoms with Crippen molar-refractivity contribution in [3.05, 3.63) is 12.3 Å². The molecular weight excluding hydrogens is 264 g/mol. The molecule has 4 rings (SSSR count). The Morgan fingerprint density at radius 1 is 0.952 bits per heavy atom. The van der Waals surface area contributed by atoms with E-state index in [9.17, 15) is 10.2 Å². The minimum absolute atomic E-state index is 0.178. The van der Waals surface area contributed by atoms with Gasteiger partial charge in [-0.05, 0) is 75.5 Å². The van der Waals surface area contributed by atoms with Crippen molar-refractivity contribution in [1.82, 2.24) is 0 Å². The maximum Gasteiger partial charge on any atom is 0.100 e. The first kappa shape index (κ1) is 14.1. The van der Waals surface area contributed by atoms with E-state index in [-0.39, 0.29) is 5.60 Å². The van der Waals surface area contributed by atoms with Gasteiger partial charge in [0.15, 0.2) is 0 Å². The quantitative estimate of drug-likeness (QED) is 0.607. The molecule has 4 bridgehead atoms. The largest absolute Gasteiger partial charge is 0.493 e. The second-order valence-electron chi connectivity index (χ2n) is 8.88. The Bertz CT molecular complexity index is 466. The average molecular weight is 292 g/mol. The fraction of sp³-hybridized carbons (Fsp3) is 0.889. The zero-order valence-corrected chi connectivity index (χ0v) is 13.3. The van der Waals surface area contributed by atoms with E-state index in [1.807, 2.05) is 0 Å². The molecule has 9 atom stereocenters. The summed E-state index contributed by atoms with van der Waals surface area (Å²) in [5.41, 5.74) is -0.178. The van der Waals surface area contributed by atoms with Gasteiger partial charge in [0.25, 0.3) is 0 Å². The Kier molecular flexibility index (Phi) is 2.86. The second kappa shape index (κ2) is 4.26. The van der Waals surface area contributed by atoms with Crippen molar-refractivity contribution >= 4 is 0 Å². The monoisotopic (exact) mass is 292 g/mol. The van der Waals surface area contributed by atoms with Crippen LogP contribution in [0, 0.1) is 41.4 Å². The zero-order valence-electron chi connectivity index (χ0n) is 13.3. The maximum atomic E-state index is 10.3. The third-order valence-electron chi connectivity index (χ3n) is 6.74. The summed E-state index contributed by atoms with van der Waals surface area (Å²) in [6, 6.07) is 0. The number of hydrogen-bond acceptors (Lipinski definition) is 3. The predicted octanol–water partition coefficient (Wildman–Crippen LogP) is 2.58. The topological polar surface area (TPSA) is 49.7 Å². The molecule has 0 aromatic rings. The van der Waals surface area contributed by atoms with E-state index in [0.29, 0.717) is 41.4 Å². The lowest BCUT2D eigenvalue weighted by molar-refractivity contribution is -0.0783. The SMILES string of the molecule is C=C(OC(C)(C)C)C1CC2CC1C1C2C2CC1[C@H](O)[C@@H]2O. The summed E-state index contributed by atoms with van der Waals surface area (Å²) in [5, 5.41) is 20.5. The van der Waals surface area contributed by atoms with Crippen LogP contribution in [0.15, 0.2) is 12.3 Å². The summed E-state index contributed by atoms with van der Waals surface area (Å²) in [4.78, 5) is 0. The van der Waals surface area contributed by atoms with Gasteiger partial charge in [-0.3, -0.25) is 0 Å². The molecule has 4 aliphatic carbocycles. The third-order valence-corrected chi connectivity index (χ3v) is 6.74. The molecule has 21 heavy (non-hydrogen) atoms. The summed E-state index contributed by atoms with van der Waals surface area (Å²) < 4.78 is 6.04. The molecular formula is C18H28O3. The highest BCUT2D eigenvalue weighted by atomic mass is 16.5. The summed E-state index contributed by atoms with van der Waals surface area (Å²) in [5.74, 6) is 4.65. The molecule has 0 amide bonds. The van der Waals surface area contributed by atoms with Crippen molar-refractivity contribution in [2.75, 3.05) is 0 Å². The Balaban J connectivity index is 1.54. The van der Waals surface area contributed by atoms with Gasteiger partial charge in [0, 0.05) is 5.92 Å². The number of hydrogen-bond donors (Lipinski definition) is 2. The standard InChI is InChI=1S/C18H28O3/c1-8(21-18(2,3)4)10-5-9-6-11(10)15-13-7-12(14(9)15)16(19)17(13)20/h9-17,19-20H,1,5-7H2,2-4H3/t9?,10?,11?,12?,13?,14?,15?,16-,17+/m1/s1. The fourth-order valence-electron chi connectivity index (χ4n) is 6.40. The molecule has 3 nitrogen and oxygen atoms in total. The smallest absolute Gasteiger partial charge is 0.100 e. The molecule has 0 radical (unpaired) electrons. The molecule has 0 aromatic heterocycles. The van der Waals surface area contributed by atoms with Gasteiger partial charge < -0.3 is 14.9 Å². The summed E-state index contributed by atoms with van der Waals surface area (Å²) in [6.45, 7) is 10.4. The first-order valence-corrected chi connectivity index (χ1v) is 8.52. The molecule has 0 aromatic carbocycles. The normalized spacial score (nSPS) is 54.0. The molecule has 0 aliphatic heterocycles. The van der Waals surface area contributed by atoms with Crippen LogP contribution < -0.4 is 0 Å². The average Bonchev–Trinajstić information content (AvgIpc) is 3.07. The summed E-state index contributed by atoms with van der Waals surface area (Å²) >= 11 is 0. The first-order chi connectivity index (χ1) is 9.78. The molecule has 7 unspecified atom stereocenters. The lowest BCUT2D eigenvalue weighted by Crippen LogP contribution is -2.46. The molecule has 0 saturated heterocycles. The van der Waals surface area contributed by atoms with E-state index in [1.54, 1.807) is 0 Å². The van der Waals surface area contributed by atoms with E-state index >= 15 is 0 Å². The van der Waals surface area contributed by atoms with Crippen molar-refractivity contribution in [3.8, 4) is 0 Å². The van der Waals surface area contributed by atoms with Crippen LogP contribution in [0.1, 0.15) is 40.0 Å². The van der Waals surface area contributed by atoms with Crippen LogP contribution in [-0.2, 0) is 4.74 Å². The molecule has 4 saturated carbocycles. The van der Waals surface area contributed by atoms with Gasteiger partial charge in [-0.25, -0.2) is 0 Å². The third kappa shape index (κ3) is 1.86.